The summed E-state index contributed by atoms with van der Waals surface area (Å²) in [4.78, 5) is 90.8. The van der Waals surface area contributed by atoms with E-state index in [0.29, 0.717) is 41.8 Å². The van der Waals surface area contributed by atoms with Gasteiger partial charge in [0.25, 0.3) is 5.91 Å². The van der Waals surface area contributed by atoms with Gasteiger partial charge in [-0.15, -0.1) is 0 Å². The Kier molecular flexibility index (Phi) is 18.8. The van der Waals surface area contributed by atoms with E-state index in [-0.39, 0.29) is 54.3 Å². The second-order valence-electron chi connectivity index (χ2n) is 23.3. The lowest BCUT2D eigenvalue weighted by molar-refractivity contribution is -0.352. The number of amides is 1. The number of fused-ring (bicyclic) bond motifs is 8. The van der Waals surface area contributed by atoms with Crippen LogP contribution >= 0.6 is 0 Å². The number of ketones is 1. The Morgan fingerprint density at radius 1 is 0.732 bits per heavy atom. The molecule has 3 aliphatic carbocycles. The smallest absolute Gasteiger partial charge is 0.338 e. The van der Waals surface area contributed by atoms with Crippen molar-refractivity contribution >= 4 is 52.2 Å². The molecular formula is C63H83NO16Si2. The highest BCUT2D eigenvalue weighted by molar-refractivity contribution is 6.74. The van der Waals surface area contributed by atoms with Crippen LogP contribution in [0.4, 0.5) is 0 Å². The first kappa shape index (κ1) is 62.2. The van der Waals surface area contributed by atoms with Gasteiger partial charge in [0.05, 0.1) is 47.8 Å². The maximum absolute atomic E-state index is 16.9. The van der Waals surface area contributed by atoms with Crippen LogP contribution < -0.4 is 10.1 Å². The number of para-hydroxylation sites is 1. The number of rotatable bonds is 15. The van der Waals surface area contributed by atoms with Crippen LogP contribution in [0.3, 0.4) is 0 Å². The molecule has 2 aliphatic heterocycles. The van der Waals surface area contributed by atoms with Gasteiger partial charge in [-0.2, -0.15) is 0 Å². The fourth-order valence-corrected chi connectivity index (χ4v) is 19.7. The fourth-order valence-electron chi connectivity index (χ4n) is 13.9. The lowest BCUT2D eigenvalue weighted by Gasteiger charge is -2.69. The Hall–Kier alpha value is -5.81. The summed E-state index contributed by atoms with van der Waals surface area (Å²) >= 11 is 0. The molecule has 2 bridgehead atoms. The second kappa shape index (κ2) is 24.8. The Morgan fingerprint density at radius 3 is 1.90 bits per heavy atom. The number of Topliss-reactive ketones (excluding diaryl/α,β-unsaturated/α-hetero) is 1. The van der Waals surface area contributed by atoms with Crippen molar-refractivity contribution in [2.75, 3.05) is 19.8 Å². The molecule has 8 rings (SSSR count). The molecule has 12 atom stereocenters. The van der Waals surface area contributed by atoms with E-state index >= 15 is 19.5 Å². The molecule has 2 saturated carbocycles. The number of nitrogens with one attached hydrogen (secondary N) is 1. The molecule has 0 spiro atoms. The molecule has 5 aliphatic rings. The number of hydrogen-bond donors (Lipinski definition) is 2. The van der Waals surface area contributed by atoms with Gasteiger partial charge in [-0.1, -0.05) is 122 Å². The van der Waals surface area contributed by atoms with Crippen molar-refractivity contribution in [2.45, 2.75) is 186 Å². The standard InChI is InChI=1S/C63H83NO16Si2/c1-13-81(14-2,15-3)79-46-37-47-62(38-74-47,78-41(9)66)53-56(77-58(69)43-31-23-20-24-32-43)63(71)55-50(39(7)48(60(63,10)11)51(75-40(8)65)54(67)61(46,53)12)76-59(70)52(80-82(16-4,17-5)18-6)49(42-29-21-19-22-30-42)64-57(68)44-33-25-26-34-45(44)72-35-27-28-36-73-55/h19-34,46-47,49-53,55-56,71H,13-18,35-38H2,1-12H3,(H,64,68)/b28-27+/t46-,47+,49-,50+,51+,52+,53-,55-,56-,61+,62-,63+/m0/s1. The third-order valence-electron chi connectivity index (χ3n) is 19.1. The van der Waals surface area contributed by atoms with E-state index in [9.17, 15) is 14.4 Å². The van der Waals surface area contributed by atoms with E-state index < -0.39 is 129 Å². The monoisotopic (exact) mass is 1170 g/mol. The number of carbonyl (C=O) groups is 6. The number of aliphatic hydroxyl groups is 1. The zero-order valence-corrected chi connectivity index (χ0v) is 51.6. The quantitative estimate of drug-likeness (QED) is 0.0626. The summed E-state index contributed by atoms with van der Waals surface area (Å²) in [6.07, 6.45) is -7.31. The van der Waals surface area contributed by atoms with Crippen molar-refractivity contribution in [3.8, 4) is 5.75 Å². The zero-order valence-electron chi connectivity index (χ0n) is 49.6. The number of benzene rings is 3. The van der Waals surface area contributed by atoms with Crippen LogP contribution in [0.2, 0.25) is 36.3 Å². The van der Waals surface area contributed by atoms with Crippen molar-refractivity contribution in [1.82, 2.24) is 5.32 Å². The molecule has 0 radical (unpaired) electrons. The van der Waals surface area contributed by atoms with Crippen LogP contribution in [0.1, 0.15) is 122 Å². The van der Waals surface area contributed by atoms with E-state index in [4.69, 9.17) is 42.0 Å². The molecule has 2 heterocycles. The van der Waals surface area contributed by atoms with Crippen LogP contribution in [-0.4, -0.2) is 131 Å². The van der Waals surface area contributed by atoms with Crippen molar-refractivity contribution in [2.24, 2.45) is 16.7 Å². The Balaban J connectivity index is 1.47. The van der Waals surface area contributed by atoms with Crippen molar-refractivity contribution in [3.63, 3.8) is 0 Å². The van der Waals surface area contributed by atoms with Crippen LogP contribution in [-0.2, 0) is 56.5 Å². The largest absolute Gasteiger partial charge is 0.489 e. The van der Waals surface area contributed by atoms with Gasteiger partial charge in [0.2, 0.25) is 0 Å². The molecule has 0 aromatic heterocycles. The van der Waals surface area contributed by atoms with Gasteiger partial charge < -0.3 is 52.4 Å². The van der Waals surface area contributed by atoms with Crippen LogP contribution in [0.25, 0.3) is 0 Å². The molecular weight excluding hydrogens is 1080 g/mol. The number of hydrogen-bond acceptors (Lipinski definition) is 16. The molecule has 2 N–H and O–H groups in total. The van der Waals surface area contributed by atoms with Gasteiger partial charge in [-0.05, 0) is 97.2 Å². The minimum atomic E-state index is -2.86. The van der Waals surface area contributed by atoms with E-state index in [1.54, 1.807) is 119 Å². The van der Waals surface area contributed by atoms with E-state index in [0.717, 1.165) is 0 Å². The normalized spacial score (nSPS) is 31.5. The highest BCUT2D eigenvalue weighted by Crippen LogP contribution is 2.66. The minimum Gasteiger partial charge on any atom is -0.489 e. The number of carbonyl (C=O) groups excluding carboxylic acids is 6. The molecule has 3 fully saturated rings. The van der Waals surface area contributed by atoms with Gasteiger partial charge in [0.1, 0.15) is 36.3 Å². The topological polar surface area (TPSA) is 218 Å². The highest BCUT2D eigenvalue weighted by Gasteiger charge is 2.80. The van der Waals surface area contributed by atoms with Crippen molar-refractivity contribution in [1.29, 1.82) is 0 Å². The maximum Gasteiger partial charge on any atom is 0.338 e. The van der Waals surface area contributed by atoms with Crippen LogP contribution in [0, 0.1) is 16.7 Å². The van der Waals surface area contributed by atoms with Crippen molar-refractivity contribution in [3.05, 3.63) is 125 Å². The molecule has 82 heavy (non-hydrogen) atoms. The summed E-state index contributed by atoms with van der Waals surface area (Å²) in [5, 5.41) is 18.3. The van der Waals surface area contributed by atoms with Gasteiger partial charge >= 0.3 is 23.9 Å². The minimum absolute atomic E-state index is 0.0310. The van der Waals surface area contributed by atoms with Crippen LogP contribution in [0.5, 0.6) is 5.75 Å². The first-order valence-corrected chi connectivity index (χ1v) is 34.2. The molecule has 0 unspecified atom stereocenters. The first-order valence-electron chi connectivity index (χ1n) is 29.1. The van der Waals surface area contributed by atoms with E-state index in [1.165, 1.54) is 13.8 Å². The first-order chi connectivity index (χ1) is 39.0. The number of ether oxygens (including phenoxy) is 7. The van der Waals surface area contributed by atoms with E-state index in [2.05, 4.69) is 26.1 Å². The molecule has 1 amide bonds. The molecule has 17 nitrogen and oxygen atoms in total. The predicted molar refractivity (Wildman–Crippen MR) is 310 cm³/mol. The predicted octanol–water partition coefficient (Wildman–Crippen LogP) is 9.74. The summed E-state index contributed by atoms with van der Waals surface area (Å²) in [5.74, 6) is -5.94. The second-order valence-corrected chi connectivity index (χ2v) is 32.8. The Bertz CT molecular complexity index is 2890. The summed E-state index contributed by atoms with van der Waals surface area (Å²) in [6.45, 7) is 20.6. The molecule has 3 aromatic carbocycles. The molecule has 3 aromatic rings. The lowest BCUT2D eigenvalue weighted by atomic mass is 9.44. The van der Waals surface area contributed by atoms with Gasteiger partial charge in [0.15, 0.2) is 46.3 Å². The van der Waals surface area contributed by atoms with Gasteiger partial charge in [0, 0.05) is 25.7 Å². The zero-order chi connectivity index (χ0) is 59.6. The molecule has 19 heteroatoms. The third kappa shape index (κ3) is 11.0. The summed E-state index contributed by atoms with van der Waals surface area (Å²) < 4.78 is 61.2. The fraction of sp³-hybridized carbons (Fsp3) is 0.556. The maximum atomic E-state index is 16.9. The molecule has 444 valence electrons. The average Bonchev–Trinajstić information content (AvgIpc) is 1.01. The number of esters is 4. The average molecular weight is 1170 g/mol. The Morgan fingerprint density at radius 2 is 1.32 bits per heavy atom. The van der Waals surface area contributed by atoms with Gasteiger partial charge in [-0.25, -0.2) is 9.59 Å². The third-order valence-corrected chi connectivity index (χ3v) is 28.3. The molecule has 1 saturated heterocycles. The van der Waals surface area contributed by atoms with Crippen molar-refractivity contribution < 1.29 is 75.9 Å². The highest BCUT2D eigenvalue weighted by atomic mass is 28.4. The van der Waals surface area contributed by atoms with E-state index in [1.807, 2.05) is 26.8 Å². The summed E-state index contributed by atoms with van der Waals surface area (Å²) in [5.41, 5.74) is -7.12. The summed E-state index contributed by atoms with van der Waals surface area (Å²) in [6, 6.07) is 26.4. The Labute approximate surface area is 484 Å². The lowest BCUT2D eigenvalue weighted by Crippen LogP contribution is -2.84. The summed E-state index contributed by atoms with van der Waals surface area (Å²) in [7, 11) is -5.59. The van der Waals surface area contributed by atoms with Gasteiger partial charge in [-0.3, -0.25) is 19.2 Å². The SMILES string of the molecule is CC[Si](CC)(CC)O[C@H]1C[C@H]2OC[C@@]2(OC(C)=O)[C@H]2[C@H](OC(=O)c3ccccc3)[C@]3(O)[C@H]4OC/C=C/COc5ccccc5C(=O)N[C@@H](c5ccccc5)[C@@H](O[Si](CC)(CC)CC)C(=O)O[C@@H]4C(C)=C([C@@H](OC(C)=O)C(=O)[C@]12C)C3(C)C. The van der Waals surface area contributed by atoms with Crippen LogP contribution in [0.15, 0.2) is 108 Å².